The van der Waals surface area contributed by atoms with Gasteiger partial charge in [0.25, 0.3) is 10.0 Å². The Morgan fingerprint density at radius 2 is 2.10 bits per heavy atom. The van der Waals surface area contributed by atoms with Gasteiger partial charge in [-0.2, -0.15) is 10.4 Å². The average Bonchev–Trinajstić information content (AvgIpc) is 3.39. The molecule has 0 aliphatic carbocycles. The molecule has 0 atom stereocenters. The molecule has 12 heteroatoms. The van der Waals surface area contributed by atoms with Crippen molar-refractivity contribution in [3.05, 3.63) is 69.9 Å². The zero-order chi connectivity index (χ0) is 21.8. The number of aromatic amines is 1. The zero-order valence-corrected chi connectivity index (χ0v) is 19.6. The second kappa shape index (κ2) is 9.19. The number of hydrogen-bond donors (Lipinski definition) is 2. The molecule has 4 aromatic rings. The summed E-state index contributed by atoms with van der Waals surface area (Å²) in [5.41, 5.74) is 2.16. The van der Waals surface area contributed by atoms with Gasteiger partial charge in [0.05, 0.1) is 28.6 Å². The van der Waals surface area contributed by atoms with Crippen LogP contribution >= 0.6 is 39.0 Å². The van der Waals surface area contributed by atoms with E-state index in [1.807, 2.05) is 18.2 Å². The van der Waals surface area contributed by atoms with Gasteiger partial charge < -0.3 is 0 Å². The number of thiophene rings is 1. The topological polar surface area (TPSA) is 124 Å². The molecule has 31 heavy (non-hydrogen) atoms. The van der Waals surface area contributed by atoms with Crippen LogP contribution in [0, 0.1) is 11.3 Å². The van der Waals surface area contributed by atoms with E-state index in [-0.39, 0.29) is 10.0 Å². The van der Waals surface area contributed by atoms with Crippen LogP contribution in [0.1, 0.15) is 11.3 Å². The number of rotatable bonds is 7. The van der Waals surface area contributed by atoms with Crippen molar-refractivity contribution in [1.82, 2.24) is 20.2 Å². The Labute approximate surface area is 195 Å². The number of nitrogens with one attached hydrogen (secondary N) is 2. The van der Waals surface area contributed by atoms with Gasteiger partial charge in [0.15, 0.2) is 0 Å². The van der Waals surface area contributed by atoms with Crippen molar-refractivity contribution in [1.29, 1.82) is 5.26 Å². The summed E-state index contributed by atoms with van der Waals surface area (Å²) in [4.78, 5) is 8.63. The summed E-state index contributed by atoms with van der Waals surface area (Å²) < 4.78 is 29.1. The normalized spacial score (nSPS) is 11.2. The van der Waals surface area contributed by atoms with Crippen molar-refractivity contribution in [2.75, 3.05) is 4.72 Å². The number of halogens is 1. The van der Waals surface area contributed by atoms with Crippen LogP contribution in [0.25, 0.3) is 11.3 Å². The first-order valence-electron chi connectivity index (χ1n) is 8.71. The van der Waals surface area contributed by atoms with Crippen molar-refractivity contribution in [2.24, 2.45) is 0 Å². The van der Waals surface area contributed by atoms with Gasteiger partial charge in [-0.25, -0.2) is 8.42 Å². The molecule has 4 heterocycles. The lowest BCUT2D eigenvalue weighted by atomic mass is 10.1. The van der Waals surface area contributed by atoms with Gasteiger partial charge in [0, 0.05) is 28.0 Å². The monoisotopic (exact) mass is 532 g/mol. The number of thioether (sulfide) groups is 1. The highest BCUT2D eigenvalue weighted by atomic mass is 79.9. The van der Waals surface area contributed by atoms with Crippen LogP contribution < -0.4 is 4.72 Å². The lowest BCUT2D eigenvalue weighted by molar-refractivity contribution is 0.603. The first kappa shape index (κ1) is 21.5. The molecular weight excluding hydrogens is 520 g/mol. The summed E-state index contributed by atoms with van der Waals surface area (Å²) in [6.45, 7) is 0. The molecule has 0 fully saturated rings. The van der Waals surface area contributed by atoms with Gasteiger partial charge >= 0.3 is 0 Å². The smallest absolute Gasteiger partial charge is 0.262 e. The molecule has 0 bridgehead atoms. The minimum Gasteiger partial charge on any atom is -0.262 e. The molecule has 0 amide bonds. The summed E-state index contributed by atoms with van der Waals surface area (Å²) in [7, 11) is -3.84. The SMILES string of the molecule is N#Cc1ccnc(-c2c(SCc3ccccn3)n[nH]c2NS(=O)(=O)c2cc(Br)cs2)c1. The highest BCUT2D eigenvalue weighted by molar-refractivity contribution is 9.10. The lowest BCUT2D eigenvalue weighted by Gasteiger charge is -2.08. The zero-order valence-electron chi connectivity index (χ0n) is 15.6. The number of aromatic nitrogens is 4. The van der Waals surface area contributed by atoms with Gasteiger partial charge in [-0.05, 0) is 46.3 Å². The number of nitriles is 1. The third-order valence-corrected chi connectivity index (χ3v) is 8.57. The standard InChI is InChI=1S/C19H13BrN6O2S3/c20-13-8-16(29-10-13)31(27,28)26-18-17(15-7-12(9-21)4-6-23-15)19(25-24-18)30-11-14-3-1-2-5-22-14/h1-8,10H,11H2,(H2,24,25,26). The summed E-state index contributed by atoms with van der Waals surface area (Å²) in [5.74, 6) is 0.705. The Kier molecular flexibility index (Phi) is 6.38. The van der Waals surface area contributed by atoms with Crippen molar-refractivity contribution < 1.29 is 8.42 Å². The number of nitrogens with zero attached hydrogens (tertiary/aromatic N) is 4. The highest BCUT2D eigenvalue weighted by Crippen LogP contribution is 2.37. The van der Waals surface area contributed by atoms with Gasteiger partial charge in [-0.15, -0.1) is 11.3 Å². The summed E-state index contributed by atoms with van der Waals surface area (Å²) in [5, 5.41) is 18.6. The molecule has 0 aliphatic heterocycles. The fourth-order valence-corrected chi connectivity index (χ4v) is 6.42. The van der Waals surface area contributed by atoms with Gasteiger partial charge in [-0.3, -0.25) is 19.8 Å². The fourth-order valence-electron chi connectivity index (χ4n) is 2.62. The molecule has 0 saturated carbocycles. The second-order valence-electron chi connectivity index (χ2n) is 6.12. The minimum absolute atomic E-state index is 0.154. The van der Waals surface area contributed by atoms with Crippen LogP contribution in [0.2, 0.25) is 0 Å². The first-order chi connectivity index (χ1) is 15.0. The molecular formula is C19H13BrN6O2S3. The van der Waals surface area contributed by atoms with E-state index in [1.54, 1.807) is 23.7 Å². The molecule has 0 aromatic carbocycles. The predicted molar refractivity (Wildman–Crippen MR) is 123 cm³/mol. The molecule has 0 radical (unpaired) electrons. The van der Waals surface area contributed by atoms with Crippen molar-refractivity contribution in [3.8, 4) is 17.3 Å². The largest absolute Gasteiger partial charge is 0.272 e. The lowest BCUT2D eigenvalue weighted by Crippen LogP contribution is -2.12. The Morgan fingerprint density at radius 3 is 2.81 bits per heavy atom. The van der Waals surface area contributed by atoms with E-state index < -0.39 is 10.0 Å². The maximum atomic E-state index is 12.9. The number of hydrogen-bond acceptors (Lipinski definition) is 8. The molecule has 4 aromatic heterocycles. The van der Waals surface area contributed by atoms with Crippen LogP contribution in [0.3, 0.4) is 0 Å². The van der Waals surface area contributed by atoms with E-state index in [9.17, 15) is 13.7 Å². The van der Waals surface area contributed by atoms with Crippen LogP contribution in [-0.2, 0) is 15.8 Å². The van der Waals surface area contributed by atoms with Crippen LogP contribution in [0.15, 0.2) is 67.9 Å². The Balaban J connectivity index is 1.72. The van der Waals surface area contributed by atoms with Crippen molar-refractivity contribution in [3.63, 3.8) is 0 Å². The third kappa shape index (κ3) is 4.96. The molecule has 0 spiro atoms. The van der Waals surface area contributed by atoms with Crippen LogP contribution in [0.4, 0.5) is 5.82 Å². The maximum absolute atomic E-state index is 12.9. The Hall–Kier alpha value is -2.72. The molecule has 156 valence electrons. The Morgan fingerprint density at radius 1 is 1.23 bits per heavy atom. The van der Waals surface area contributed by atoms with E-state index in [0.29, 0.717) is 32.1 Å². The van der Waals surface area contributed by atoms with Crippen molar-refractivity contribution >= 4 is 54.9 Å². The molecule has 8 nitrogen and oxygen atoms in total. The molecule has 0 unspecified atom stereocenters. The highest BCUT2D eigenvalue weighted by Gasteiger charge is 2.24. The maximum Gasteiger partial charge on any atom is 0.272 e. The average molecular weight is 533 g/mol. The van der Waals surface area contributed by atoms with Gasteiger partial charge in [0.1, 0.15) is 15.1 Å². The molecule has 0 aliphatic rings. The van der Waals surface area contributed by atoms with E-state index in [0.717, 1.165) is 17.0 Å². The quantitative estimate of drug-likeness (QED) is 0.331. The predicted octanol–water partition coefficient (Wildman–Crippen LogP) is 4.66. The van der Waals surface area contributed by atoms with Crippen LogP contribution in [-0.4, -0.2) is 28.6 Å². The van der Waals surface area contributed by atoms with Gasteiger partial charge in [0.2, 0.25) is 0 Å². The summed E-state index contributed by atoms with van der Waals surface area (Å²) >= 11 is 5.75. The summed E-state index contributed by atoms with van der Waals surface area (Å²) in [6, 6.07) is 12.4. The number of H-pyrrole nitrogens is 1. The van der Waals surface area contributed by atoms with E-state index >= 15 is 0 Å². The summed E-state index contributed by atoms with van der Waals surface area (Å²) in [6.07, 6.45) is 3.21. The van der Waals surface area contributed by atoms with Gasteiger partial charge in [-0.1, -0.05) is 17.8 Å². The molecule has 4 rings (SSSR count). The third-order valence-electron chi connectivity index (χ3n) is 4.01. The number of anilines is 1. The first-order valence-corrected chi connectivity index (χ1v) is 12.8. The second-order valence-corrected chi connectivity index (χ2v) is 10.8. The molecule has 0 saturated heterocycles. The fraction of sp³-hybridized carbons (Fsp3) is 0.0526. The Bertz CT molecular complexity index is 1360. The van der Waals surface area contributed by atoms with E-state index in [4.69, 9.17) is 0 Å². The number of sulfonamides is 1. The number of pyridine rings is 2. The minimum atomic E-state index is -3.84. The van der Waals surface area contributed by atoms with E-state index in [2.05, 4.69) is 46.9 Å². The molecule has 2 N–H and O–H groups in total. The van der Waals surface area contributed by atoms with Crippen molar-refractivity contribution in [2.45, 2.75) is 15.0 Å². The van der Waals surface area contributed by atoms with Crippen LogP contribution in [0.5, 0.6) is 0 Å². The van der Waals surface area contributed by atoms with E-state index in [1.165, 1.54) is 24.0 Å².